The average molecular weight is 286 g/mol. The lowest BCUT2D eigenvalue weighted by atomic mass is 9.95. The van der Waals surface area contributed by atoms with Gasteiger partial charge in [-0.3, -0.25) is 9.69 Å². The number of carbonyl (C=O) groups excluding carboxylic acids is 1. The quantitative estimate of drug-likeness (QED) is 0.781. The highest BCUT2D eigenvalue weighted by molar-refractivity contribution is 5.69. The summed E-state index contributed by atoms with van der Waals surface area (Å²) in [6, 6.07) is 12.5. The zero-order valence-electron chi connectivity index (χ0n) is 12.5. The van der Waals surface area contributed by atoms with Crippen LogP contribution in [0.4, 0.5) is 0 Å². The number of carbonyl (C=O) groups is 1. The summed E-state index contributed by atoms with van der Waals surface area (Å²) in [4.78, 5) is 13.8. The van der Waals surface area contributed by atoms with Gasteiger partial charge in [0.25, 0.3) is 0 Å². The van der Waals surface area contributed by atoms with Crippen molar-refractivity contribution in [3.8, 4) is 6.07 Å². The molecule has 0 saturated carbocycles. The number of methoxy groups -OCH3 is 1. The predicted octanol–water partition coefficient (Wildman–Crippen LogP) is 2.71. The maximum absolute atomic E-state index is 11.5. The van der Waals surface area contributed by atoms with E-state index in [2.05, 4.69) is 11.0 Å². The van der Waals surface area contributed by atoms with Crippen molar-refractivity contribution in [1.29, 1.82) is 5.26 Å². The van der Waals surface area contributed by atoms with Gasteiger partial charge in [-0.25, -0.2) is 0 Å². The fourth-order valence-corrected chi connectivity index (χ4v) is 2.95. The Hall–Kier alpha value is -1.86. The van der Waals surface area contributed by atoms with Crippen molar-refractivity contribution in [2.75, 3.05) is 20.2 Å². The van der Waals surface area contributed by atoms with E-state index in [4.69, 9.17) is 4.74 Å². The Morgan fingerprint density at radius 3 is 2.86 bits per heavy atom. The predicted molar refractivity (Wildman–Crippen MR) is 80.6 cm³/mol. The molecule has 1 saturated heterocycles. The Morgan fingerprint density at radius 1 is 1.43 bits per heavy atom. The van der Waals surface area contributed by atoms with Gasteiger partial charge in [-0.2, -0.15) is 5.26 Å². The van der Waals surface area contributed by atoms with Gasteiger partial charge in [-0.15, -0.1) is 0 Å². The normalized spacial score (nSPS) is 20.5. The van der Waals surface area contributed by atoms with Crippen molar-refractivity contribution in [1.82, 2.24) is 4.90 Å². The third-order valence-electron chi connectivity index (χ3n) is 4.15. The van der Waals surface area contributed by atoms with Crippen LogP contribution in [0.2, 0.25) is 0 Å². The van der Waals surface area contributed by atoms with Crippen LogP contribution in [0.1, 0.15) is 37.2 Å². The minimum atomic E-state index is -0.167. The number of hydrogen-bond acceptors (Lipinski definition) is 4. The number of nitrogens with zero attached hydrogens (tertiary/aromatic N) is 2. The molecule has 1 fully saturated rings. The molecule has 1 aromatic carbocycles. The second kappa shape index (κ2) is 7.80. The first-order valence-corrected chi connectivity index (χ1v) is 7.50. The van der Waals surface area contributed by atoms with Crippen LogP contribution in [0.15, 0.2) is 30.3 Å². The zero-order valence-corrected chi connectivity index (χ0v) is 12.5. The zero-order chi connectivity index (χ0) is 15.1. The third-order valence-corrected chi connectivity index (χ3v) is 4.15. The highest BCUT2D eigenvalue weighted by Gasteiger charge is 2.27. The third kappa shape index (κ3) is 4.30. The van der Waals surface area contributed by atoms with Crippen LogP contribution in [0.3, 0.4) is 0 Å². The van der Waals surface area contributed by atoms with Crippen molar-refractivity contribution in [3.05, 3.63) is 35.9 Å². The molecule has 0 spiro atoms. The first-order valence-electron chi connectivity index (χ1n) is 7.50. The monoisotopic (exact) mass is 286 g/mol. The highest BCUT2D eigenvalue weighted by atomic mass is 16.5. The van der Waals surface area contributed by atoms with Crippen molar-refractivity contribution in [2.24, 2.45) is 0 Å². The lowest BCUT2D eigenvalue weighted by molar-refractivity contribution is -0.142. The Morgan fingerprint density at radius 2 is 2.19 bits per heavy atom. The Bertz CT molecular complexity index is 495. The van der Waals surface area contributed by atoms with Crippen molar-refractivity contribution >= 4 is 5.97 Å². The molecule has 112 valence electrons. The van der Waals surface area contributed by atoms with Crippen LogP contribution in [0.25, 0.3) is 0 Å². The number of likely N-dealkylation sites (tertiary alicyclic amines) is 1. The lowest BCUT2D eigenvalue weighted by Crippen LogP contribution is -2.43. The number of ether oxygens (including phenoxy) is 1. The van der Waals surface area contributed by atoms with Gasteiger partial charge >= 0.3 is 5.97 Å². The molecule has 0 aromatic heterocycles. The maximum Gasteiger partial charge on any atom is 0.307 e. The van der Waals surface area contributed by atoms with E-state index < -0.39 is 0 Å². The minimum absolute atomic E-state index is 0.149. The van der Waals surface area contributed by atoms with E-state index in [1.807, 2.05) is 30.3 Å². The minimum Gasteiger partial charge on any atom is -0.469 e. The molecule has 0 amide bonds. The molecular weight excluding hydrogens is 264 g/mol. The number of nitriles is 1. The summed E-state index contributed by atoms with van der Waals surface area (Å²) >= 11 is 0. The number of rotatable bonds is 5. The number of benzene rings is 1. The topological polar surface area (TPSA) is 53.3 Å². The van der Waals surface area contributed by atoms with E-state index in [1.165, 1.54) is 7.11 Å². The molecule has 4 nitrogen and oxygen atoms in total. The van der Waals surface area contributed by atoms with Crippen molar-refractivity contribution in [2.45, 2.75) is 37.6 Å². The van der Waals surface area contributed by atoms with Gasteiger partial charge in [0.2, 0.25) is 0 Å². The summed E-state index contributed by atoms with van der Waals surface area (Å²) in [5, 5.41) is 9.46. The molecule has 1 aromatic rings. The van der Waals surface area contributed by atoms with E-state index in [0.29, 0.717) is 13.0 Å². The molecule has 0 aliphatic carbocycles. The number of hydrogen-bond donors (Lipinski definition) is 0. The molecule has 0 N–H and O–H groups in total. The number of piperidine rings is 1. The van der Waals surface area contributed by atoms with Crippen LogP contribution in [0.5, 0.6) is 0 Å². The molecule has 1 heterocycles. The number of esters is 1. The summed E-state index contributed by atoms with van der Waals surface area (Å²) < 4.78 is 4.79. The van der Waals surface area contributed by atoms with Crippen molar-refractivity contribution in [3.63, 3.8) is 0 Å². The Kier molecular flexibility index (Phi) is 5.77. The summed E-state index contributed by atoms with van der Waals surface area (Å²) in [5.41, 5.74) is 1.04. The average Bonchev–Trinajstić information content (AvgIpc) is 2.54. The van der Waals surface area contributed by atoms with Gasteiger partial charge in [-0.05, 0) is 24.9 Å². The van der Waals surface area contributed by atoms with Crippen LogP contribution in [0, 0.1) is 11.3 Å². The van der Waals surface area contributed by atoms with E-state index in [0.717, 1.165) is 31.4 Å². The van der Waals surface area contributed by atoms with Gasteiger partial charge < -0.3 is 4.74 Å². The van der Waals surface area contributed by atoms with Crippen LogP contribution < -0.4 is 0 Å². The van der Waals surface area contributed by atoms with E-state index >= 15 is 0 Å². The van der Waals surface area contributed by atoms with Gasteiger partial charge in [0.15, 0.2) is 0 Å². The fourth-order valence-electron chi connectivity index (χ4n) is 2.95. The summed E-state index contributed by atoms with van der Waals surface area (Å²) in [6.45, 7) is 1.63. The van der Waals surface area contributed by atoms with Gasteiger partial charge in [0.05, 0.1) is 25.5 Å². The highest BCUT2D eigenvalue weighted by Crippen LogP contribution is 2.24. The van der Waals surface area contributed by atoms with E-state index in [-0.39, 0.29) is 17.9 Å². The van der Waals surface area contributed by atoms with Crippen LogP contribution in [-0.2, 0) is 9.53 Å². The molecule has 2 atom stereocenters. The summed E-state index contributed by atoms with van der Waals surface area (Å²) in [7, 11) is 1.43. The molecule has 21 heavy (non-hydrogen) atoms. The van der Waals surface area contributed by atoms with Crippen molar-refractivity contribution < 1.29 is 9.53 Å². The Balaban J connectivity index is 2.04. The smallest absolute Gasteiger partial charge is 0.307 e. The van der Waals surface area contributed by atoms with E-state index in [1.54, 1.807) is 0 Å². The second-order valence-corrected chi connectivity index (χ2v) is 5.52. The summed E-state index contributed by atoms with van der Waals surface area (Å²) in [5.74, 6) is -0.315. The largest absolute Gasteiger partial charge is 0.469 e. The second-order valence-electron chi connectivity index (χ2n) is 5.52. The van der Waals surface area contributed by atoms with Crippen LogP contribution >= 0.6 is 0 Å². The maximum atomic E-state index is 11.5. The first-order chi connectivity index (χ1) is 10.2. The molecular formula is C17H22N2O2. The van der Waals surface area contributed by atoms with Gasteiger partial charge in [-0.1, -0.05) is 36.8 Å². The van der Waals surface area contributed by atoms with Gasteiger partial charge in [0.1, 0.15) is 0 Å². The SMILES string of the molecule is COC(=O)CC1CCCCN1CC(C#N)c1ccccc1. The molecule has 2 rings (SSSR count). The lowest BCUT2D eigenvalue weighted by Gasteiger charge is -2.36. The summed E-state index contributed by atoms with van der Waals surface area (Å²) in [6.07, 6.45) is 3.69. The Labute approximate surface area is 126 Å². The van der Waals surface area contributed by atoms with E-state index in [9.17, 15) is 10.1 Å². The molecule has 0 bridgehead atoms. The first kappa shape index (κ1) is 15.5. The van der Waals surface area contributed by atoms with Gasteiger partial charge in [0, 0.05) is 12.6 Å². The van der Waals surface area contributed by atoms with Crippen LogP contribution in [-0.4, -0.2) is 37.1 Å². The standard InChI is InChI=1S/C17H22N2O2/c1-21-17(20)11-16-9-5-6-10-19(16)13-15(12-18)14-7-3-2-4-8-14/h2-4,7-8,15-16H,5-6,9-11,13H2,1H3. The molecule has 1 aliphatic rings. The molecule has 2 unspecified atom stereocenters. The molecule has 0 radical (unpaired) electrons. The fraction of sp³-hybridized carbons (Fsp3) is 0.529. The molecule has 1 aliphatic heterocycles. The molecule has 4 heteroatoms.